The van der Waals surface area contributed by atoms with E-state index in [1.165, 1.54) is 31.2 Å². The van der Waals surface area contributed by atoms with Gasteiger partial charge in [0.2, 0.25) is 0 Å². The molecule has 106 valence electrons. The zero-order valence-electron chi connectivity index (χ0n) is 11.9. The highest BCUT2D eigenvalue weighted by atomic mass is 79.9. The van der Waals surface area contributed by atoms with Crippen molar-refractivity contribution >= 4 is 15.9 Å². The molecule has 3 heteroatoms. The summed E-state index contributed by atoms with van der Waals surface area (Å²) in [4.78, 5) is 0. The van der Waals surface area contributed by atoms with Gasteiger partial charge in [-0.25, -0.2) is 0 Å². The van der Waals surface area contributed by atoms with Crippen LogP contribution < -0.4 is 5.32 Å². The third kappa shape index (κ3) is 4.04. The van der Waals surface area contributed by atoms with E-state index in [0.29, 0.717) is 6.61 Å². The van der Waals surface area contributed by atoms with Gasteiger partial charge in [0.1, 0.15) is 0 Å². The Balaban J connectivity index is 1.99. The van der Waals surface area contributed by atoms with Gasteiger partial charge >= 0.3 is 0 Å². The van der Waals surface area contributed by atoms with Gasteiger partial charge in [-0.2, -0.15) is 0 Å². The summed E-state index contributed by atoms with van der Waals surface area (Å²) < 4.78 is 7.47. The third-order valence-corrected chi connectivity index (χ3v) is 4.95. The van der Waals surface area contributed by atoms with Crippen LogP contribution in [-0.2, 0) is 11.3 Å². The minimum absolute atomic E-state index is 0.0243. The maximum atomic E-state index is 6.33. The zero-order chi connectivity index (χ0) is 13.7. The van der Waals surface area contributed by atoms with Crippen LogP contribution in [0, 0.1) is 5.92 Å². The summed E-state index contributed by atoms with van der Waals surface area (Å²) in [5.74, 6) is 0.844. The number of hydrogen-bond acceptors (Lipinski definition) is 2. The number of benzene rings is 1. The lowest BCUT2D eigenvalue weighted by atomic mass is 9.79. The van der Waals surface area contributed by atoms with Gasteiger partial charge in [0, 0.05) is 11.0 Å². The summed E-state index contributed by atoms with van der Waals surface area (Å²) in [5.41, 5.74) is 1.26. The standard InChI is InChI=1S/C16H24BrNO/c1-13-7-9-16(10-8-13,12-18-2)19-11-14-5-3-4-6-15(14)17/h3-6,13,18H,7-12H2,1-2H3. The summed E-state index contributed by atoms with van der Waals surface area (Å²) in [5, 5.41) is 3.31. The van der Waals surface area contributed by atoms with Crippen molar-refractivity contribution in [2.75, 3.05) is 13.6 Å². The predicted molar refractivity (Wildman–Crippen MR) is 83.2 cm³/mol. The third-order valence-electron chi connectivity index (χ3n) is 4.18. The van der Waals surface area contributed by atoms with Crippen LogP contribution in [0.1, 0.15) is 38.2 Å². The molecule has 1 aromatic carbocycles. The summed E-state index contributed by atoms with van der Waals surface area (Å²) in [7, 11) is 2.02. The molecule has 1 aliphatic rings. The monoisotopic (exact) mass is 325 g/mol. The van der Waals surface area contributed by atoms with Crippen LogP contribution in [0.2, 0.25) is 0 Å². The van der Waals surface area contributed by atoms with Gasteiger partial charge in [-0.1, -0.05) is 41.1 Å². The molecule has 0 saturated heterocycles. The minimum Gasteiger partial charge on any atom is -0.369 e. The molecule has 1 saturated carbocycles. The van der Waals surface area contributed by atoms with Crippen molar-refractivity contribution in [3.05, 3.63) is 34.3 Å². The Bertz CT molecular complexity index is 399. The quantitative estimate of drug-likeness (QED) is 0.878. The molecule has 1 N–H and O–H groups in total. The second-order valence-electron chi connectivity index (χ2n) is 5.78. The fourth-order valence-electron chi connectivity index (χ4n) is 2.83. The Morgan fingerprint density at radius 3 is 2.63 bits per heavy atom. The fourth-order valence-corrected chi connectivity index (χ4v) is 3.23. The first kappa shape index (κ1) is 15.0. The predicted octanol–water partition coefficient (Wildman–Crippen LogP) is 4.13. The van der Waals surface area contributed by atoms with Gasteiger partial charge in [0.25, 0.3) is 0 Å². The van der Waals surface area contributed by atoms with Crippen molar-refractivity contribution < 1.29 is 4.74 Å². The molecular weight excluding hydrogens is 302 g/mol. The highest BCUT2D eigenvalue weighted by Crippen LogP contribution is 2.35. The largest absolute Gasteiger partial charge is 0.369 e. The summed E-state index contributed by atoms with van der Waals surface area (Å²) in [6.07, 6.45) is 4.88. The van der Waals surface area contributed by atoms with Crippen molar-refractivity contribution in [1.82, 2.24) is 5.32 Å². The van der Waals surface area contributed by atoms with Crippen LogP contribution >= 0.6 is 15.9 Å². The molecule has 2 rings (SSSR count). The van der Waals surface area contributed by atoms with Crippen molar-refractivity contribution in [1.29, 1.82) is 0 Å². The summed E-state index contributed by atoms with van der Waals surface area (Å²) in [6, 6.07) is 8.31. The first-order valence-electron chi connectivity index (χ1n) is 7.17. The molecule has 0 bridgehead atoms. The molecular formula is C16H24BrNO. The van der Waals surface area contributed by atoms with Gasteiger partial charge < -0.3 is 10.1 Å². The SMILES string of the molecule is CNCC1(OCc2ccccc2Br)CCC(C)CC1. The zero-order valence-corrected chi connectivity index (χ0v) is 13.5. The molecule has 1 aliphatic carbocycles. The molecule has 0 unspecified atom stereocenters. The Hall–Kier alpha value is -0.380. The normalized spacial score (nSPS) is 27.4. The van der Waals surface area contributed by atoms with Gasteiger partial charge in [-0.15, -0.1) is 0 Å². The van der Waals surface area contributed by atoms with E-state index in [2.05, 4.69) is 46.4 Å². The highest BCUT2D eigenvalue weighted by molar-refractivity contribution is 9.10. The second kappa shape index (κ2) is 6.87. The molecule has 2 nitrogen and oxygen atoms in total. The first-order valence-corrected chi connectivity index (χ1v) is 7.96. The van der Waals surface area contributed by atoms with Crippen LogP contribution in [0.4, 0.5) is 0 Å². The number of likely N-dealkylation sites (N-methyl/N-ethyl adjacent to an activating group) is 1. The van der Waals surface area contributed by atoms with Crippen molar-refractivity contribution in [3.63, 3.8) is 0 Å². The Kier molecular flexibility index (Phi) is 5.43. The number of hydrogen-bond donors (Lipinski definition) is 1. The highest BCUT2D eigenvalue weighted by Gasteiger charge is 2.34. The van der Waals surface area contributed by atoms with Crippen LogP contribution in [0.25, 0.3) is 0 Å². The summed E-state index contributed by atoms with van der Waals surface area (Å²) in [6.45, 7) is 3.98. The maximum Gasteiger partial charge on any atom is 0.0810 e. The smallest absolute Gasteiger partial charge is 0.0810 e. The first-order chi connectivity index (χ1) is 9.15. The topological polar surface area (TPSA) is 21.3 Å². The van der Waals surface area contributed by atoms with Crippen molar-refractivity contribution in [2.45, 2.75) is 44.8 Å². The number of nitrogens with one attached hydrogen (secondary N) is 1. The van der Waals surface area contributed by atoms with Gasteiger partial charge in [-0.3, -0.25) is 0 Å². The number of halogens is 1. The minimum atomic E-state index is 0.0243. The maximum absolute atomic E-state index is 6.33. The van der Waals surface area contributed by atoms with Gasteiger partial charge in [0.15, 0.2) is 0 Å². The average Bonchev–Trinajstić information content (AvgIpc) is 2.42. The number of ether oxygens (including phenoxy) is 1. The fraction of sp³-hybridized carbons (Fsp3) is 0.625. The lowest BCUT2D eigenvalue weighted by Crippen LogP contribution is -2.44. The molecule has 0 atom stereocenters. The molecule has 1 fully saturated rings. The van der Waals surface area contributed by atoms with Crippen molar-refractivity contribution in [3.8, 4) is 0 Å². The van der Waals surface area contributed by atoms with Gasteiger partial charge in [-0.05, 0) is 50.3 Å². The molecule has 1 aromatic rings. The molecule has 0 radical (unpaired) electrons. The molecule has 0 spiro atoms. The second-order valence-corrected chi connectivity index (χ2v) is 6.63. The molecule has 19 heavy (non-hydrogen) atoms. The van der Waals surface area contributed by atoms with E-state index in [-0.39, 0.29) is 5.60 Å². The van der Waals surface area contributed by atoms with Crippen LogP contribution in [0.3, 0.4) is 0 Å². The van der Waals surface area contributed by atoms with E-state index in [4.69, 9.17) is 4.74 Å². The van der Waals surface area contributed by atoms with Gasteiger partial charge in [0.05, 0.1) is 12.2 Å². The van der Waals surface area contributed by atoms with E-state index in [9.17, 15) is 0 Å². The molecule has 0 heterocycles. The molecule has 0 amide bonds. The summed E-state index contributed by atoms with van der Waals surface area (Å²) >= 11 is 3.59. The number of rotatable bonds is 5. The van der Waals surface area contributed by atoms with E-state index in [1.807, 2.05) is 13.1 Å². The van der Waals surface area contributed by atoms with Crippen molar-refractivity contribution in [2.24, 2.45) is 5.92 Å². The average molecular weight is 326 g/mol. The van der Waals surface area contributed by atoms with Crippen LogP contribution in [0.5, 0.6) is 0 Å². The lowest BCUT2D eigenvalue weighted by molar-refractivity contribution is -0.0841. The molecule has 0 aromatic heterocycles. The Labute approximate surface area is 125 Å². The molecule has 0 aliphatic heterocycles. The van der Waals surface area contributed by atoms with E-state index >= 15 is 0 Å². The van der Waals surface area contributed by atoms with Crippen LogP contribution in [-0.4, -0.2) is 19.2 Å². The lowest BCUT2D eigenvalue weighted by Gasteiger charge is -2.39. The van der Waals surface area contributed by atoms with E-state index in [1.54, 1.807) is 0 Å². The van der Waals surface area contributed by atoms with E-state index < -0.39 is 0 Å². The van der Waals surface area contributed by atoms with E-state index in [0.717, 1.165) is 16.9 Å². The Morgan fingerprint density at radius 1 is 1.32 bits per heavy atom. The van der Waals surface area contributed by atoms with Crippen LogP contribution in [0.15, 0.2) is 28.7 Å². The Morgan fingerprint density at radius 2 is 2.00 bits per heavy atom.